The highest BCUT2D eigenvalue weighted by Gasteiger charge is 2.38. The molecule has 0 radical (unpaired) electrons. The van der Waals surface area contributed by atoms with Crippen molar-refractivity contribution in [2.45, 2.75) is 45.6 Å². The Labute approximate surface area is 196 Å². The van der Waals surface area contributed by atoms with Crippen LogP contribution in [-0.4, -0.2) is 30.4 Å². The van der Waals surface area contributed by atoms with E-state index in [4.69, 9.17) is 0 Å². The van der Waals surface area contributed by atoms with Crippen LogP contribution in [0.1, 0.15) is 49.8 Å². The van der Waals surface area contributed by atoms with Gasteiger partial charge in [-0.3, -0.25) is 14.9 Å². The minimum Gasteiger partial charge on any atom is -0.369 e. The number of nitrogens with one attached hydrogen (secondary N) is 1. The lowest BCUT2D eigenvalue weighted by Gasteiger charge is -2.45. The number of halogens is 1. The van der Waals surface area contributed by atoms with Crippen LogP contribution >= 0.6 is 15.9 Å². The van der Waals surface area contributed by atoms with Crippen molar-refractivity contribution >= 4 is 51.2 Å². The summed E-state index contributed by atoms with van der Waals surface area (Å²) in [6.45, 7) is 8.63. The summed E-state index contributed by atoms with van der Waals surface area (Å²) in [6.07, 6.45) is 2.59. The van der Waals surface area contributed by atoms with E-state index in [9.17, 15) is 14.4 Å². The first-order chi connectivity index (χ1) is 15.0. The van der Waals surface area contributed by atoms with E-state index in [1.165, 1.54) is 11.3 Å². The third-order valence-corrected chi connectivity index (χ3v) is 6.98. The van der Waals surface area contributed by atoms with Crippen LogP contribution < -0.4 is 15.1 Å². The molecule has 0 spiro atoms. The molecule has 7 heteroatoms. The zero-order valence-corrected chi connectivity index (χ0v) is 20.4. The van der Waals surface area contributed by atoms with Crippen molar-refractivity contribution in [2.24, 2.45) is 0 Å². The van der Waals surface area contributed by atoms with Crippen LogP contribution in [0.4, 0.5) is 16.2 Å². The minimum absolute atomic E-state index is 0.0445. The zero-order valence-electron chi connectivity index (χ0n) is 18.8. The lowest BCUT2D eigenvalue weighted by atomic mass is 9.79. The molecule has 1 atom stereocenters. The molecule has 4 rings (SSSR count). The molecule has 0 aliphatic carbocycles. The highest BCUT2D eigenvalue weighted by atomic mass is 79.9. The summed E-state index contributed by atoms with van der Waals surface area (Å²) in [5.74, 6) is -0.987. The Morgan fingerprint density at radius 2 is 1.88 bits per heavy atom. The van der Waals surface area contributed by atoms with Crippen LogP contribution in [0.5, 0.6) is 0 Å². The van der Waals surface area contributed by atoms with Gasteiger partial charge in [-0.25, -0.2) is 9.69 Å². The second-order valence-corrected chi connectivity index (χ2v) is 10.1. The van der Waals surface area contributed by atoms with Gasteiger partial charge in [0, 0.05) is 22.7 Å². The number of hydrogen-bond donors (Lipinski definition) is 1. The topological polar surface area (TPSA) is 69.7 Å². The third-order valence-electron chi connectivity index (χ3n) is 6.49. The lowest BCUT2D eigenvalue weighted by molar-refractivity contribution is -0.122. The monoisotopic (exact) mass is 495 g/mol. The van der Waals surface area contributed by atoms with E-state index < -0.39 is 17.8 Å². The van der Waals surface area contributed by atoms with Crippen LogP contribution in [-0.2, 0) is 9.59 Å². The second kappa shape index (κ2) is 7.89. The van der Waals surface area contributed by atoms with E-state index in [0.717, 1.165) is 26.9 Å². The van der Waals surface area contributed by atoms with Crippen LogP contribution in [0.2, 0.25) is 0 Å². The first-order valence-electron chi connectivity index (χ1n) is 10.5. The summed E-state index contributed by atoms with van der Waals surface area (Å²) in [7, 11) is 2.10. The van der Waals surface area contributed by atoms with Crippen molar-refractivity contribution in [3.63, 3.8) is 0 Å². The summed E-state index contributed by atoms with van der Waals surface area (Å²) in [5, 5.41) is 2.29. The summed E-state index contributed by atoms with van der Waals surface area (Å²) < 4.78 is 0.726. The predicted octanol–water partition coefficient (Wildman–Crippen LogP) is 5.15. The standard InChI is InChI=1S/C25H26BrN3O3/c1-14-9-21-19(15(2)13-25(3,4)28(21)5)10-16(14)11-20-22(30)27-24(32)29(23(20)31)18-8-6-7-17(26)12-18/h6-12,15H,13H2,1-5H3,(H,27,30,32)/b20-11+/t15-/m1/s1. The number of imide groups is 2. The van der Waals surface area contributed by atoms with E-state index in [2.05, 4.69) is 66.1 Å². The van der Waals surface area contributed by atoms with Crippen molar-refractivity contribution < 1.29 is 14.4 Å². The number of anilines is 2. The first kappa shape index (κ1) is 22.3. The number of nitrogens with zero attached hydrogens (tertiary/aromatic N) is 2. The van der Waals surface area contributed by atoms with Crippen LogP contribution in [0, 0.1) is 6.92 Å². The number of aryl methyl sites for hydroxylation is 1. The number of barbiturate groups is 1. The minimum atomic E-state index is -0.755. The van der Waals surface area contributed by atoms with Gasteiger partial charge in [0.05, 0.1) is 5.69 Å². The molecule has 0 bridgehead atoms. The van der Waals surface area contributed by atoms with Gasteiger partial charge in [0.1, 0.15) is 5.57 Å². The summed E-state index contributed by atoms with van der Waals surface area (Å²) >= 11 is 3.36. The van der Waals surface area contributed by atoms with Gasteiger partial charge < -0.3 is 4.90 Å². The lowest BCUT2D eigenvalue weighted by Crippen LogP contribution is -2.54. The fraction of sp³-hybridized carbons (Fsp3) is 0.320. The maximum Gasteiger partial charge on any atom is 0.335 e. The molecule has 0 unspecified atom stereocenters. The molecule has 4 amide bonds. The number of hydrogen-bond acceptors (Lipinski definition) is 4. The van der Waals surface area contributed by atoms with Gasteiger partial charge in [-0.2, -0.15) is 0 Å². The number of carbonyl (C=O) groups excluding carboxylic acids is 3. The average Bonchev–Trinajstić information content (AvgIpc) is 2.69. The van der Waals surface area contributed by atoms with Crippen molar-refractivity contribution in [2.75, 3.05) is 16.8 Å². The van der Waals surface area contributed by atoms with Gasteiger partial charge in [0.25, 0.3) is 11.8 Å². The van der Waals surface area contributed by atoms with Gasteiger partial charge in [-0.1, -0.05) is 28.9 Å². The molecule has 166 valence electrons. The first-order valence-corrected chi connectivity index (χ1v) is 11.3. The van der Waals surface area contributed by atoms with Gasteiger partial charge in [0.2, 0.25) is 0 Å². The number of rotatable bonds is 2. The van der Waals surface area contributed by atoms with E-state index >= 15 is 0 Å². The fourth-order valence-corrected chi connectivity index (χ4v) is 4.94. The molecule has 1 N–H and O–H groups in total. The SMILES string of the molecule is Cc1cc2c(cc1/C=C1\C(=O)NC(=O)N(c3cccc(Br)c3)C1=O)[C@H](C)CC(C)(C)N2C. The summed E-state index contributed by atoms with van der Waals surface area (Å²) in [4.78, 5) is 41.5. The Hall–Kier alpha value is -2.93. The molecule has 0 aromatic heterocycles. The highest BCUT2D eigenvalue weighted by molar-refractivity contribution is 9.10. The Morgan fingerprint density at radius 1 is 1.16 bits per heavy atom. The van der Waals surface area contributed by atoms with Gasteiger partial charge in [-0.15, -0.1) is 0 Å². The summed E-state index contributed by atoms with van der Waals surface area (Å²) in [6, 6.07) is 10.3. The maximum atomic E-state index is 13.2. The van der Waals surface area contributed by atoms with Gasteiger partial charge >= 0.3 is 6.03 Å². The molecule has 2 aliphatic rings. The van der Waals surface area contributed by atoms with E-state index in [1.807, 2.05) is 6.92 Å². The molecule has 2 aromatic rings. The average molecular weight is 496 g/mol. The molecule has 2 aromatic carbocycles. The van der Waals surface area contributed by atoms with Crippen molar-refractivity contribution in [1.82, 2.24) is 5.32 Å². The number of urea groups is 1. The molecule has 6 nitrogen and oxygen atoms in total. The number of carbonyl (C=O) groups is 3. The number of amides is 4. The van der Waals surface area contributed by atoms with Crippen molar-refractivity contribution in [3.8, 4) is 0 Å². The van der Waals surface area contributed by atoms with E-state index in [1.54, 1.807) is 30.3 Å². The molecular weight excluding hydrogens is 470 g/mol. The fourth-order valence-electron chi connectivity index (χ4n) is 4.55. The third kappa shape index (κ3) is 3.75. The predicted molar refractivity (Wildman–Crippen MR) is 130 cm³/mol. The Bertz CT molecular complexity index is 1180. The van der Waals surface area contributed by atoms with E-state index in [-0.39, 0.29) is 11.1 Å². The normalized spacial score (nSPS) is 21.6. The van der Waals surface area contributed by atoms with Crippen molar-refractivity contribution in [3.05, 3.63) is 63.1 Å². The summed E-state index contributed by atoms with van der Waals surface area (Å²) in [5.41, 5.74) is 4.48. The zero-order chi connectivity index (χ0) is 23.4. The Morgan fingerprint density at radius 3 is 2.56 bits per heavy atom. The number of benzene rings is 2. The van der Waals surface area contributed by atoms with Crippen LogP contribution in [0.3, 0.4) is 0 Å². The smallest absolute Gasteiger partial charge is 0.335 e. The second-order valence-electron chi connectivity index (χ2n) is 9.18. The van der Waals surface area contributed by atoms with Crippen LogP contribution in [0.15, 0.2) is 46.4 Å². The molecule has 2 aliphatic heterocycles. The maximum absolute atomic E-state index is 13.2. The van der Waals surface area contributed by atoms with Crippen LogP contribution in [0.25, 0.3) is 6.08 Å². The van der Waals surface area contributed by atoms with Crippen molar-refractivity contribution in [1.29, 1.82) is 0 Å². The molecule has 2 heterocycles. The van der Waals surface area contributed by atoms with E-state index in [0.29, 0.717) is 11.6 Å². The molecule has 0 saturated carbocycles. The number of fused-ring (bicyclic) bond motifs is 1. The van der Waals surface area contributed by atoms with Gasteiger partial charge in [-0.05, 0) is 86.2 Å². The molecule has 1 saturated heterocycles. The Kier molecular flexibility index (Phi) is 5.49. The molecule has 1 fully saturated rings. The molecule has 32 heavy (non-hydrogen) atoms. The largest absolute Gasteiger partial charge is 0.369 e. The van der Waals surface area contributed by atoms with Gasteiger partial charge in [0.15, 0.2) is 0 Å². The Balaban J connectivity index is 1.78. The quantitative estimate of drug-likeness (QED) is 0.462. The molecular formula is C25H26BrN3O3. The highest BCUT2D eigenvalue weighted by Crippen LogP contribution is 2.43.